The average Bonchev–Trinajstić information content (AvgIpc) is 3.08. The van der Waals surface area contributed by atoms with Crippen LogP contribution >= 0.6 is 47.2 Å². The van der Waals surface area contributed by atoms with E-state index in [4.69, 9.17) is 27.9 Å². The molecule has 3 rings (SSSR count). The molecule has 1 aliphatic rings. The number of rotatable bonds is 4. The van der Waals surface area contributed by atoms with Gasteiger partial charge in [0.1, 0.15) is 6.10 Å². The van der Waals surface area contributed by atoms with E-state index in [9.17, 15) is 0 Å². The number of aryl methyl sites for hydroxylation is 1. The minimum atomic E-state index is -0.263. The minimum Gasteiger partial charge on any atom is -0.370 e. The Bertz CT molecular complexity index is 835. The van der Waals surface area contributed by atoms with Gasteiger partial charge in [-0.3, -0.25) is 9.67 Å². The second-order valence-corrected chi connectivity index (χ2v) is 8.45. The summed E-state index contributed by atoms with van der Waals surface area (Å²) in [6.45, 7) is 7.04. The molecule has 0 spiro atoms. The van der Waals surface area contributed by atoms with Crippen molar-refractivity contribution in [3.8, 4) is 0 Å². The van der Waals surface area contributed by atoms with E-state index in [0.29, 0.717) is 23.2 Å². The summed E-state index contributed by atoms with van der Waals surface area (Å²) < 4.78 is 7.73. The van der Waals surface area contributed by atoms with Crippen molar-refractivity contribution >= 4 is 53.1 Å². The van der Waals surface area contributed by atoms with Crippen LogP contribution < -0.4 is 5.32 Å². The number of morpholine rings is 1. The van der Waals surface area contributed by atoms with Crippen LogP contribution in [0, 0.1) is 0 Å². The van der Waals surface area contributed by atoms with Crippen molar-refractivity contribution in [2.24, 2.45) is 12.0 Å². The molecule has 0 amide bonds. The molecule has 1 atom stereocenters. The fourth-order valence-electron chi connectivity index (χ4n) is 3.51. The van der Waals surface area contributed by atoms with Gasteiger partial charge >= 0.3 is 0 Å². The number of halogens is 3. The van der Waals surface area contributed by atoms with Gasteiger partial charge in [-0.2, -0.15) is 5.10 Å². The Labute approximate surface area is 199 Å². The summed E-state index contributed by atoms with van der Waals surface area (Å²) in [7, 11) is 3.71. The second kappa shape index (κ2) is 10.3. The highest BCUT2D eigenvalue weighted by Crippen LogP contribution is 2.35. The summed E-state index contributed by atoms with van der Waals surface area (Å²) in [5, 5.41) is 9.10. The van der Waals surface area contributed by atoms with Gasteiger partial charge in [0, 0.05) is 54.4 Å². The zero-order chi connectivity index (χ0) is 20.3. The largest absolute Gasteiger partial charge is 0.370 e. The summed E-state index contributed by atoms with van der Waals surface area (Å²) >= 11 is 12.8. The number of benzene rings is 1. The predicted octanol–water partition coefficient (Wildman–Crippen LogP) is 4.27. The predicted molar refractivity (Wildman–Crippen MR) is 130 cm³/mol. The lowest BCUT2D eigenvalue weighted by Gasteiger charge is -2.36. The third kappa shape index (κ3) is 5.77. The van der Waals surface area contributed by atoms with Gasteiger partial charge in [0.25, 0.3) is 0 Å². The van der Waals surface area contributed by atoms with E-state index in [0.717, 1.165) is 30.2 Å². The van der Waals surface area contributed by atoms with Gasteiger partial charge in [-0.1, -0.05) is 43.1 Å². The molecule has 6 nitrogen and oxygen atoms in total. The van der Waals surface area contributed by atoms with Crippen molar-refractivity contribution in [2.75, 3.05) is 33.3 Å². The quantitative estimate of drug-likeness (QED) is 0.350. The van der Waals surface area contributed by atoms with Crippen molar-refractivity contribution < 1.29 is 4.74 Å². The first-order valence-electron chi connectivity index (χ1n) is 9.32. The molecular weight excluding hydrogens is 524 g/mol. The van der Waals surface area contributed by atoms with E-state index < -0.39 is 0 Å². The van der Waals surface area contributed by atoms with Crippen LogP contribution in [0.2, 0.25) is 10.0 Å². The molecule has 0 radical (unpaired) electrons. The molecule has 1 N–H and O–H groups in total. The Kier molecular flexibility index (Phi) is 8.63. The van der Waals surface area contributed by atoms with Gasteiger partial charge in [0.05, 0.1) is 19.3 Å². The van der Waals surface area contributed by atoms with Crippen LogP contribution in [0.25, 0.3) is 0 Å². The molecule has 1 aliphatic heterocycles. The van der Waals surface area contributed by atoms with Crippen molar-refractivity contribution in [1.29, 1.82) is 0 Å². The number of nitrogens with one attached hydrogen (secondary N) is 1. The SMILES string of the molecule is CN=C(NCC(C)(C)c1c(Cl)cccc1Cl)N1CCOC(c2cnn(C)c2)C1.I. The number of nitrogens with zero attached hydrogens (tertiary/aromatic N) is 4. The van der Waals surface area contributed by atoms with Gasteiger partial charge in [-0.25, -0.2) is 0 Å². The van der Waals surface area contributed by atoms with Crippen molar-refractivity contribution in [1.82, 2.24) is 20.0 Å². The molecule has 29 heavy (non-hydrogen) atoms. The molecule has 1 aromatic carbocycles. The first-order valence-corrected chi connectivity index (χ1v) is 10.1. The van der Waals surface area contributed by atoms with Crippen LogP contribution in [0.5, 0.6) is 0 Å². The maximum absolute atomic E-state index is 6.42. The Morgan fingerprint density at radius 2 is 2.03 bits per heavy atom. The second-order valence-electron chi connectivity index (χ2n) is 7.63. The monoisotopic (exact) mass is 551 g/mol. The molecule has 9 heteroatoms. The average molecular weight is 552 g/mol. The maximum Gasteiger partial charge on any atom is 0.193 e. The summed E-state index contributed by atoms with van der Waals surface area (Å²) in [4.78, 5) is 6.69. The van der Waals surface area contributed by atoms with Crippen molar-refractivity contribution in [2.45, 2.75) is 25.4 Å². The molecule has 1 saturated heterocycles. The first kappa shape index (κ1) is 24.2. The number of hydrogen-bond acceptors (Lipinski definition) is 3. The summed E-state index contributed by atoms with van der Waals surface area (Å²) in [6, 6.07) is 5.61. The van der Waals surface area contributed by atoms with Crippen LogP contribution in [-0.4, -0.2) is 53.9 Å². The van der Waals surface area contributed by atoms with Gasteiger partial charge in [0.15, 0.2) is 5.96 Å². The molecule has 2 heterocycles. The fraction of sp³-hybridized carbons (Fsp3) is 0.500. The van der Waals surface area contributed by atoms with E-state index >= 15 is 0 Å². The zero-order valence-electron chi connectivity index (χ0n) is 17.2. The summed E-state index contributed by atoms with van der Waals surface area (Å²) in [5.41, 5.74) is 1.75. The van der Waals surface area contributed by atoms with Gasteiger partial charge in [-0.05, 0) is 17.7 Å². The minimum absolute atomic E-state index is 0. The molecule has 0 bridgehead atoms. The molecule has 0 aliphatic carbocycles. The molecule has 1 unspecified atom stereocenters. The topological polar surface area (TPSA) is 54.7 Å². The Morgan fingerprint density at radius 3 is 2.62 bits per heavy atom. The highest BCUT2D eigenvalue weighted by molar-refractivity contribution is 14.0. The highest BCUT2D eigenvalue weighted by Gasteiger charge is 2.29. The van der Waals surface area contributed by atoms with Gasteiger partial charge in [-0.15, -0.1) is 24.0 Å². The van der Waals surface area contributed by atoms with Crippen LogP contribution in [0.15, 0.2) is 35.6 Å². The Hall–Kier alpha value is -1.03. The standard InChI is InChI=1S/C20H27Cl2N5O.HI/c1-20(2,18-15(21)6-5-7-16(18)22)13-24-19(23-3)27-8-9-28-17(12-27)14-10-25-26(4)11-14;/h5-7,10-11,17H,8-9,12-13H2,1-4H3,(H,23,24);1H. The Balaban J connectivity index is 0.00000300. The van der Waals surface area contributed by atoms with E-state index in [-0.39, 0.29) is 35.5 Å². The smallest absolute Gasteiger partial charge is 0.193 e. The third-order valence-corrected chi connectivity index (χ3v) is 5.63. The first-order chi connectivity index (χ1) is 13.3. The van der Waals surface area contributed by atoms with E-state index in [1.165, 1.54) is 0 Å². The molecular formula is C20H28Cl2IN5O. The van der Waals surface area contributed by atoms with Crippen LogP contribution in [-0.2, 0) is 17.2 Å². The molecule has 1 fully saturated rings. The number of aliphatic imine (C=N–C) groups is 1. The summed E-state index contributed by atoms with van der Waals surface area (Å²) in [5.74, 6) is 0.841. The molecule has 1 aromatic heterocycles. The normalized spacial score (nSPS) is 17.8. The van der Waals surface area contributed by atoms with Gasteiger partial charge < -0.3 is 15.0 Å². The molecule has 2 aromatic rings. The number of aromatic nitrogens is 2. The van der Waals surface area contributed by atoms with E-state index in [1.807, 2.05) is 37.6 Å². The fourth-order valence-corrected chi connectivity index (χ4v) is 4.42. The van der Waals surface area contributed by atoms with Crippen molar-refractivity contribution in [3.05, 3.63) is 51.8 Å². The van der Waals surface area contributed by atoms with E-state index in [1.54, 1.807) is 11.7 Å². The van der Waals surface area contributed by atoms with Crippen LogP contribution in [0.3, 0.4) is 0 Å². The van der Waals surface area contributed by atoms with E-state index in [2.05, 4.69) is 34.2 Å². The van der Waals surface area contributed by atoms with Crippen molar-refractivity contribution in [3.63, 3.8) is 0 Å². The molecule has 160 valence electrons. The zero-order valence-corrected chi connectivity index (χ0v) is 21.0. The maximum atomic E-state index is 6.42. The lowest BCUT2D eigenvalue weighted by Crippen LogP contribution is -2.50. The third-order valence-electron chi connectivity index (χ3n) is 5.00. The van der Waals surface area contributed by atoms with Gasteiger partial charge in [0.2, 0.25) is 0 Å². The molecule has 0 saturated carbocycles. The number of hydrogen-bond donors (Lipinski definition) is 1. The Morgan fingerprint density at radius 1 is 1.34 bits per heavy atom. The number of guanidine groups is 1. The summed E-state index contributed by atoms with van der Waals surface area (Å²) in [6.07, 6.45) is 3.83. The number of ether oxygens (including phenoxy) is 1. The lowest BCUT2D eigenvalue weighted by molar-refractivity contribution is -0.00808. The lowest BCUT2D eigenvalue weighted by atomic mass is 9.84. The van der Waals surface area contributed by atoms with Crippen LogP contribution in [0.1, 0.15) is 31.1 Å². The highest BCUT2D eigenvalue weighted by atomic mass is 127. The van der Waals surface area contributed by atoms with Crippen LogP contribution in [0.4, 0.5) is 0 Å².